The lowest BCUT2D eigenvalue weighted by molar-refractivity contribution is -0.385. The van der Waals surface area contributed by atoms with Crippen molar-refractivity contribution in [3.63, 3.8) is 0 Å². The standard InChI is InChI=1S/C11H11N3O2S/c12-7-9-10(14(15)16)5-6-11(13-9)17-8-3-1-2-4-8/h5-6,8H,1-4H2. The molecule has 0 atom stereocenters. The second-order valence-electron chi connectivity index (χ2n) is 3.91. The van der Waals surface area contributed by atoms with Crippen molar-refractivity contribution in [1.82, 2.24) is 4.98 Å². The molecule has 0 N–H and O–H groups in total. The number of hydrogen-bond acceptors (Lipinski definition) is 5. The molecule has 0 spiro atoms. The molecule has 0 saturated heterocycles. The first-order valence-corrected chi connectivity index (χ1v) is 6.31. The summed E-state index contributed by atoms with van der Waals surface area (Å²) in [5, 5.41) is 20.7. The molecular formula is C11H11N3O2S. The molecule has 2 rings (SSSR count). The van der Waals surface area contributed by atoms with Gasteiger partial charge in [-0.15, -0.1) is 11.8 Å². The molecule has 17 heavy (non-hydrogen) atoms. The molecular weight excluding hydrogens is 238 g/mol. The quantitative estimate of drug-likeness (QED) is 0.607. The fraction of sp³-hybridized carbons (Fsp3) is 0.455. The first kappa shape index (κ1) is 11.9. The van der Waals surface area contributed by atoms with Gasteiger partial charge < -0.3 is 0 Å². The van der Waals surface area contributed by atoms with Gasteiger partial charge in [0.1, 0.15) is 6.07 Å². The fourth-order valence-electron chi connectivity index (χ4n) is 1.91. The fourth-order valence-corrected chi connectivity index (χ4v) is 3.11. The van der Waals surface area contributed by atoms with Gasteiger partial charge in [-0.25, -0.2) is 4.98 Å². The van der Waals surface area contributed by atoms with E-state index >= 15 is 0 Å². The molecule has 0 aliphatic heterocycles. The van der Waals surface area contributed by atoms with Crippen LogP contribution in [0.1, 0.15) is 31.4 Å². The zero-order chi connectivity index (χ0) is 12.3. The minimum Gasteiger partial charge on any atom is -0.258 e. The van der Waals surface area contributed by atoms with Crippen molar-refractivity contribution in [2.24, 2.45) is 0 Å². The molecule has 1 aliphatic carbocycles. The lowest BCUT2D eigenvalue weighted by Crippen LogP contribution is -1.99. The van der Waals surface area contributed by atoms with Crippen LogP contribution in [0, 0.1) is 21.4 Å². The number of pyridine rings is 1. The Kier molecular flexibility index (Phi) is 3.59. The van der Waals surface area contributed by atoms with Crippen LogP contribution >= 0.6 is 11.8 Å². The van der Waals surface area contributed by atoms with Crippen LogP contribution in [0.4, 0.5) is 5.69 Å². The summed E-state index contributed by atoms with van der Waals surface area (Å²) in [6.07, 6.45) is 4.78. The predicted octanol–water partition coefficient (Wildman–Crippen LogP) is 2.90. The number of aromatic nitrogens is 1. The van der Waals surface area contributed by atoms with Crippen LogP contribution in [-0.4, -0.2) is 15.2 Å². The normalized spacial score (nSPS) is 15.7. The zero-order valence-electron chi connectivity index (χ0n) is 9.13. The van der Waals surface area contributed by atoms with Gasteiger partial charge in [-0.05, 0) is 18.9 Å². The number of nitrogens with zero attached hydrogens (tertiary/aromatic N) is 3. The van der Waals surface area contributed by atoms with Gasteiger partial charge in [0.25, 0.3) is 0 Å². The Morgan fingerprint density at radius 1 is 1.47 bits per heavy atom. The molecule has 1 aromatic heterocycles. The molecule has 0 amide bonds. The van der Waals surface area contributed by atoms with Crippen LogP contribution in [0.5, 0.6) is 0 Å². The minimum atomic E-state index is -0.574. The van der Waals surface area contributed by atoms with Crippen LogP contribution in [0.25, 0.3) is 0 Å². The first-order chi connectivity index (χ1) is 8.20. The van der Waals surface area contributed by atoms with E-state index in [1.807, 2.05) is 0 Å². The number of hydrogen-bond donors (Lipinski definition) is 0. The molecule has 88 valence electrons. The molecule has 1 aromatic rings. The van der Waals surface area contributed by atoms with E-state index in [0.717, 1.165) is 12.8 Å². The van der Waals surface area contributed by atoms with E-state index in [-0.39, 0.29) is 11.4 Å². The van der Waals surface area contributed by atoms with Gasteiger partial charge in [-0.1, -0.05) is 12.8 Å². The highest BCUT2D eigenvalue weighted by Crippen LogP contribution is 2.34. The molecule has 1 fully saturated rings. The molecule has 0 radical (unpaired) electrons. The summed E-state index contributed by atoms with van der Waals surface area (Å²) in [6, 6.07) is 4.77. The summed E-state index contributed by atoms with van der Waals surface area (Å²) in [4.78, 5) is 14.1. The zero-order valence-corrected chi connectivity index (χ0v) is 9.94. The molecule has 0 bridgehead atoms. The highest BCUT2D eigenvalue weighted by Gasteiger charge is 2.20. The molecule has 1 aliphatic rings. The number of thioether (sulfide) groups is 1. The van der Waals surface area contributed by atoms with Gasteiger partial charge in [0.15, 0.2) is 0 Å². The maximum absolute atomic E-state index is 10.6. The highest BCUT2D eigenvalue weighted by atomic mass is 32.2. The Hall–Kier alpha value is -1.61. The Morgan fingerprint density at radius 2 is 2.18 bits per heavy atom. The highest BCUT2D eigenvalue weighted by molar-refractivity contribution is 7.99. The summed E-state index contributed by atoms with van der Waals surface area (Å²) in [5.74, 6) is 0. The first-order valence-electron chi connectivity index (χ1n) is 5.43. The van der Waals surface area contributed by atoms with Gasteiger partial charge >= 0.3 is 5.69 Å². The van der Waals surface area contributed by atoms with E-state index in [2.05, 4.69) is 4.98 Å². The summed E-state index contributed by atoms with van der Waals surface area (Å²) in [5.41, 5.74) is -0.318. The molecule has 5 nitrogen and oxygen atoms in total. The largest absolute Gasteiger partial charge is 0.305 e. The average molecular weight is 249 g/mol. The third-order valence-electron chi connectivity index (χ3n) is 2.74. The SMILES string of the molecule is N#Cc1nc(SC2CCCC2)ccc1[N+](=O)[O-]. The second-order valence-corrected chi connectivity index (χ2v) is 5.23. The van der Waals surface area contributed by atoms with Crippen molar-refractivity contribution < 1.29 is 4.92 Å². The van der Waals surface area contributed by atoms with Gasteiger partial charge in [0, 0.05) is 11.3 Å². The van der Waals surface area contributed by atoms with Crippen molar-refractivity contribution in [3.05, 3.63) is 27.9 Å². The maximum Gasteiger partial charge on any atom is 0.305 e. The topological polar surface area (TPSA) is 79.8 Å². The Bertz CT molecular complexity index is 478. The number of nitro groups is 1. The van der Waals surface area contributed by atoms with Crippen molar-refractivity contribution in [2.45, 2.75) is 36.0 Å². The van der Waals surface area contributed by atoms with Crippen LogP contribution in [-0.2, 0) is 0 Å². The Labute approximate surface area is 103 Å². The number of nitriles is 1. The molecule has 0 aromatic carbocycles. The van der Waals surface area contributed by atoms with Crippen LogP contribution < -0.4 is 0 Å². The lowest BCUT2D eigenvalue weighted by Gasteiger charge is -2.07. The van der Waals surface area contributed by atoms with E-state index in [1.165, 1.54) is 18.9 Å². The molecule has 0 unspecified atom stereocenters. The van der Waals surface area contributed by atoms with Crippen LogP contribution in [0.2, 0.25) is 0 Å². The second kappa shape index (κ2) is 5.15. The van der Waals surface area contributed by atoms with E-state index in [4.69, 9.17) is 5.26 Å². The van der Waals surface area contributed by atoms with Crippen molar-refractivity contribution in [2.75, 3.05) is 0 Å². The van der Waals surface area contributed by atoms with Crippen LogP contribution in [0.15, 0.2) is 17.2 Å². The van der Waals surface area contributed by atoms with Crippen molar-refractivity contribution >= 4 is 17.4 Å². The van der Waals surface area contributed by atoms with E-state index in [0.29, 0.717) is 10.3 Å². The summed E-state index contributed by atoms with van der Waals surface area (Å²) in [6.45, 7) is 0. The lowest BCUT2D eigenvalue weighted by atomic mass is 10.3. The Balaban J connectivity index is 2.19. The van der Waals surface area contributed by atoms with E-state index in [1.54, 1.807) is 23.9 Å². The monoisotopic (exact) mass is 249 g/mol. The summed E-state index contributed by atoms with van der Waals surface area (Å²) < 4.78 is 0. The number of rotatable bonds is 3. The molecule has 1 saturated carbocycles. The summed E-state index contributed by atoms with van der Waals surface area (Å²) in [7, 11) is 0. The van der Waals surface area contributed by atoms with Gasteiger partial charge in [0.05, 0.1) is 9.95 Å². The Morgan fingerprint density at radius 3 is 2.76 bits per heavy atom. The van der Waals surface area contributed by atoms with Gasteiger partial charge in [-0.3, -0.25) is 10.1 Å². The van der Waals surface area contributed by atoms with Crippen LogP contribution in [0.3, 0.4) is 0 Å². The third-order valence-corrected chi connectivity index (χ3v) is 4.01. The van der Waals surface area contributed by atoms with Gasteiger partial charge in [0.2, 0.25) is 5.69 Å². The average Bonchev–Trinajstić information content (AvgIpc) is 2.81. The molecule has 6 heteroatoms. The van der Waals surface area contributed by atoms with E-state index < -0.39 is 4.92 Å². The molecule has 1 heterocycles. The summed E-state index contributed by atoms with van der Waals surface area (Å²) >= 11 is 1.62. The van der Waals surface area contributed by atoms with Crippen molar-refractivity contribution in [1.29, 1.82) is 5.26 Å². The van der Waals surface area contributed by atoms with Crippen molar-refractivity contribution in [3.8, 4) is 6.07 Å². The van der Waals surface area contributed by atoms with Gasteiger partial charge in [-0.2, -0.15) is 5.26 Å². The maximum atomic E-state index is 10.6. The van der Waals surface area contributed by atoms with E-state index in [9.17, 15) is 10.1 Å². The smallest absolute Gasteiger partial charge is 0.258 e. The minimum absolute atomic E-state index is 0.0991. The third kappa shape index (κ3) is 2.74. The predicted molar refractivity (Wildman–Crippen MR) is 63.7 cm³/mol.